The first-order valence-electron chi connectivity index (χ1n) is 11.0. The number of aromatic nitrogens is 4. The van der Waals surface area contributed by atoms with Gasteiger partial charge in [-0.15, -0.1) is 0 Å². The average Bonchev–Trinajstić information content (AvgIpc) is 3.08. The molecule has 0 saturated heterocycles. The van der Waals surface area contributed by atoms with Crippen molar-refractivity contribution in [3.63, 3.8) is 0 Å². The lowest BCUT2D eigenvalue weighted by molar-refractivity contribution is -0.147. The second-order valence-corrected chi connectivity index (χ2v) is 9.67. The molecule has 4 aromatic rings. The summed E-state index contributed by atoms with van der Waals surface area (Å²) in [4.78, 5) is 42.1. The number of benzene rings is 2. The quantitative estimate of drug-likeness (QED) is 0.404. The maximum atomic E-state index is 13.5. The van der Waals surface area contributed by atoms with E-state index in [0.717, 1.165) is 26.7 Å². The van der Waals surface area contributed by atoms with Crippen LogP contribution in [-0.2, 0) is 24.9 Å². The van der Waals surface area contributed by atoms with Crippen molar-refractivity contribution in [3.8, 4) is 0 Å². The molecular formula is C25H26ClN5O4. The Balaban J connectivity index is 1.82. The second-order valence-electron chi connectivity index (χ2n) is 9.23. The number of carboxylic acids is 1. The molecule has 0 atom stereocenters. The van der Waals surface area contributed by atoms with E-state index >= 15 is 0 Å². The van der Waals surface area contributed by atoms with Crippen molar-refractivity contribution in [2.45, 2.75) is 33.9 Å². The van der Waals surface area contributed by atoms with Crippen LogP contribution in [0.15, 0.2) is 58.1 Å². The molecule has 10 heteroatoms. The van der Waals surface area contributed by atoms with E-state index in [9.17, 15) is 19.5 Å². The number of nitrogens with zero attached hydrogens (tertiary/aromatic N) is 4. The van der Waals surface area contributed by atoms with Gasteiger partial charge in [-0.25, -0.2) is 14.2 Å². The van der Waals surface area contributed by atoms with E-state index in [2.05, 4.69) is 14.9 Å². The third kappa shape index (κ3) is 4.85. The highest BCUT2D eigenvalue weighted by Gasteiger charge is 2.30. The van der Waals surface area contributed by atoms with Crippen LogP contribution in [0.25, 0.3) is 10.9 Å². The Bertz CT molecular complexity index is 1550. The van der Waals surface area contributed by atoms with Crippen LogP contribution in [0.5, 0.6) is 0 Å². The molecule has 35 heavy (non-hydrogen) atoms. The SMILES string of the molecule is Cc1cc2cc(Nc3nc(=O)n(CC(C)(C)C(=O)O)c(=O)n3Cc3ccc(Cl)cc3)ccc2n1C. The molecule has 0 aliphatic carbocycles. The van der Waals surface area contributed by atoms with E-state index in [1.54, 1.807) is 24.3 Å². The van der Waals surface area contributed by atoms with Crippen LogP contribution in [0, 0.1) is 12.3 Å². The van der Waals surface area contributed by atoms with Crippen LogP contribution in [0.2, 0.25) is 5.02 Å². The van der Waals surface area contributed by atoms with Gasteiger partial charge in [0.2, 0.25) is 5.95 Å². The number of anilines is 2. The number of carbonyl (C=O) groups is 1. The predicted molar refractivity (Wildman–Crippen MR) is 136 cm³/mol. The molecule has 0 aliphatic heterocycles. The Morgan fingerprint density at radius 3 is 2.43 bits per heavy atom. The fourth-order valence-corrected chi connectivity index (χ4v) is 3.96. The number of hydrogen-bond acceptors (Lipinski definition) is 5. The van der Waals surface area contributed by atoms with Crippen LogP contribution in [0.4, 0.5) is 11.6 Å². The zero-order valence-electron chi connectivity index (χ0n) is 19.9. The summed E-state index contributed by atoms with van der Waals surface area (Å²) >= 11 is 6.00. The Morgan fingerprint density at radius 1 is 1.09 bits per heavy atom. The van der Waals surface area contributed by atoms with Crippen LogP contribution >= 0.6 is 11.6 Å². The van der Waals surface area contributed by atoms with Crippen molar-refractivity contribution in [3.05, 3.63) is 85.8 Å². The Kier molecular flexibility index (Phi) is 6.29. The Labute approximate surface area is 206 Å². The van der Waals surface area contributed by atoms with Crippen molar-refractivity contribution in [1.82, 2.24) is 18.7 Å². The minimum atomic E-state index is -1.34. The fraction of sp³-hybridized carbons (Fsp3) is 0.280. The third-order valence-electron chi connectivity index (χ3n) is 6.07. The largest absolute Gasteiger partial charge is 0.481 e. The van der Waals surface area contributed by atoms with Crippen molar-refractivity contribution < 1.29 is 9.90 Å². The van der Waals surface area contributed by atoms with Gasteiger partial charge in [-0.2, -0.15) is 4.98 Å². The number of aliphatic carboxylic acids is 1. The molecule has 182 valence electrons. The molecule has 0 spiro atoms. The van der Waals surface area contributed by atoms with Crippen LogP contribution in [-0.4, -0.2) is 29.8 Å². The average molecular weight is 496 g/mol. The smallest absolute Gasteiger partial charge is 0.354 e. The van der Waals surface area contributed by atoms with Crippen LogP contribution in [0.1, 0.15) is 25.1 Å². The number of aryl methyl sites for hydroxylation is 2. The summed E-state index contributed by atoms with van der Waals surface area (Å²) in [6, 6.07) is 14.7. The monoisotopic (exact) mass is 495 g/mol. The van der Waals surface area contributed by atoms with E-state index in [0.29, 0.717) is 10.7 Å². The minimum absolute atomic E-state index is 0.0614. The first-order chi connectivity index (χ1) is 16.5. The van der Waals surface area contributed by atoms with Crippen molar-refractivity contribution in [2.24, 2.45) is 12.5 Å². The van der Waals surface area contributed by atoms with Gasteiger partial charge in [0, 0.05) is 40.9 Å². The van der Waals surface area contributed by atoms with Gasteiger partial charge in [-0.05, 0) is 62.7 Å². The highest BCUT2D eigenvalue weighted by atomic mass is 35.5. The lowest BCUT2D eigenvalue weighted by Gasteiger charge is -2.21. The normalized spacial score (nSPS) is 11.7. The summed E-state index contributed by atoms with van der Waals surface area (Å²) < 4.78 is 4.25. The number of carboxylic acid groups (broad SMARTS) is 1. The summed E-state index contributed by atoms with van der Waals surface area (Å²) in [6.07, 6.45) is 0. The van der Waals surface area contributed by atoms with Gasteiger partial charge in [-0.1, -0.05) is 23.7 Å². The summed E-state index contributed by atoms with van der Waals surface area (Å²) in [5, 5.41) is 14.2. The molecule has 2 aromatic carbocycles. The minimum Gasteiger partial charge on any atom is -0.481 e. The van der Waals surface area contributed by atoms with Crippen LogP contribution in [0.3, 0.4) is 0 Å². The van der Waals surface area contributed by atoms with Crippen molar-refractivity contribution in [2.75, 3.05) is 5.32 Å². The highest BCUT2D eigenvalue weighted by molar-refractivity contribution is 6.30. The topological polar surface area (TPSA) is 111 Å². The molecule has 9 nitrogen and oxygen atoms in total. The summed E-state index contributed by atoms with van der Waals surface area (Å²) in [5.74, 6) is -1.06. The van der Waals surface area contributed by atoms with E-state index < -0.39 is 22.8 Å². The zero-order valence-corrected chi connectivity index (χ0v) is 20.6. The molecule has 0 saturated carbocycles. The van der Waals surface area contributed by atoms with E-state index in [1.807, 2.05) is 38.2 Å². The van der Waals surface area contributed by atoms with Gasteiger partial charge in [0.05, 0.1) is 12.0 Å². The van der Waals surface area contributed by atoms with Gasteiger partial charge in [-0.3, -0.25) is 9.36 Å². The van der Waals surface area contributed by atoms with Crippen molar-refractivity contribution >= 4 is 40.1 Å². The molecule has 2 N–H and O–H groups in total. The molecule has 0 amide bonds. The fourth-order valence-electron chi connectivity index (χ4n) is 3.83. The standard InChI is InChI=1S/C25H26ClN5O4/c1-15-11-17-12-19(9-10-20(17)29(15)4)27-22-28-23(34)31(14-25(2,3)21(32)33)24(35)30(22)13-16-5-7-18(26)8-6-16/h5-12H,13-14H2,1-4H3,(H,32,33)(H,27,28,34). The molecule has 0 radical (unpaired) electrons. The third-order valence-corrected chi connectivity index (χ3v) is 6.33. The van der Waals surface area contributed by atoms with Gasteiger partial charge in [0.1, 0.15) is 0 Å². The maximum Gasteiger partial charge on any atom is 0.354 e. The molecule has 2 aromatic heterocycles. The molecule has 0 fully saturated rings. The number of nitrogens with one attached hydrogen (secondary N) is 1. The number of rotatable bonds is 7. The van der Waals surface area contributed by atoms with Gasteiger partial charge < -0.3 is 15.0 Å². The molecular weight excluding hydrogens is 470 g/mol. The van der Waals surface area contributed by atoms with Gasteiger partial charge >= 0.3 is 17.3 Å². The van der Waals surface area contributed by atoms with Gasteiger partial charge in [0.25, 0.3) is 0 Å². The van der Waals surface area contributed by atoms with Crippen LogP contribution < -0.4 is 16.7 Å². The molecule has 0 unspecified atom stereocenters. The van der Waals surface area contributed by atoms with E-state index in [4.69, 9.17) is 11.6 Å². The van der Waals surface area contributed by atoms with Crippen molar-refractivity contribution in [1.29, 1.82) is 0 Å². The summed E-state index contributed by atoms with van der Waals surface area (Å²) in [7, 11) is 1.98. The highest BCUT2D eigenvalue weighted by Crippen LogP contribution is 2.24. The molecule has 0 bridgehead atoms. The zero-order chi connectivity index (χ0) is 25.5. The Morgan fingerprint density at radius 2 is 1.77 bits per heavy atom. The lowest BCUT2D eigenvalue weighted by atomic mass is 9.94. The predicted octanol–water partition coefficient (Wildman–Crippen LogP) is 3.76. The number of hydrogen-bond donors (Lipinski definition) is 2. The Hall–Kier alpha value is -3.85. The summed E-state index contributed by atoms with van der Waals surface area (Å²) in [6.45, 7) is 4.70. The lowest BCUT2D eigenvalue weighted by Crippen LogP contribution is -2.46. The van der Waals surface area contributed by atoms with E-state index in [-0.39, 0.29) is 19.0 Å². The maximum absolute atomic E-state index is 13.5. The number of fused-ring (bicyclic) bond motifs is 1. The molecule has 0 aliphatic rings. The first-order valence-corrected chi connectivity index (χ1v) is 11.4. The second kappa shape index (κ2) is 9.07. The number of halogens is 1. The first kappa shape index (κ1) is 24.3. The molecule has 4 rings (SSSR count). The van der Waals surface area contributed by atoms with E-state index in [1.165, 1.54) is 18.4 Å². The summed E-state index contributed by atoms with van der Waals surface area (Å²) in [5.41, 5.74) is 0.739. The molecule has 2 heterocycles. The van der Waals surface area contributed by atoms with Gasteiger partial charge in [0.15, 0.2) is 0 Å².